The molecule has 2 heterocycles. The van der Waals surface area contributed by atoms with E-state index in [1.807, 2.05) is 11.1 Å². The van der Waals surface area contributed by atoms with Crippen molar-refractivity contribution in [3.63, 3.8) is 0 Å². The summed E-state index contributed by atoms with van der Waals surface area (Å²) in [5.41, 5.74) is 0. The van der Waals surface area contributed by atoms with Gasteiger partial charge >= 0.3 is 0 Å². The second kappa shape index (κ2) is 9.68. The average molecular weight is 388 g/mol. The predicted molar refractivity (Wildman–Crippen MR) is 106 cm³/mol. The molecule has 0 bridgehead atoms. The molecule has 3 rings (SSSR count). The number of aromatic nitrogens is 2. The van der Waals surface area contributed by atoms with E-state index in [1.54, 1.807) is 0 Å². The van der Waals surface area contributed by atoms with Gasteiger partial charge in [-0.05, 0) is 64.2 Å². The first kappa shape index (κ1) is 20.3. The number of aryl methyl sites for hydroxylation is 1. The fraction of sp³-hybridized carbons (Fsp3) is 0.524. The molecule has 1 aromatic heterocycles. The van der Waals surface area contributed by atoms with Gasteiger partial charge < -0.3 is 19.1 Å². The third kappa shape index (κ3) is 5.55. The van der Waals surface area contributed by atoms with Crippen molar-refractivity contribution in [1.82, 2.24) is 19.4 Å². The molecule has 0 N–H and O–H groups in total. The summed E-state index contributed by atoms with van der Waals surface area (Å²) < 4.78 is 20.7. The van der Waals surface area contributed by atoms with E-state index >= 15 is 0 Å². The Kier molecular flexibility index (Phi) is 7.03. The lowest BCUT2D eigenvalue weighted by atomic mass is 9.96. The zero-order valence-electron chi connectivity index (χ0n) is 16.7. The van der Waals surface area contributed by atoms with Crippen LogP contribution in [0.3, 0.4) is 0 Å². The van der Waals surface area contributed by atoms with Gasteiger partial charge in [0.2, 0.25) is 0 Å². The Morgan fingerprint density at radius 1 is 1.25 bits per heavy atom. The van der Waals surface area contributed by atoms with Crippen molar-refractivity contribution < 1.29 is 13.9 Å². The molecule has 1 saturated heterocycles. The summed E-state index contributed by atoms with van der Waals surface area (Å²) in [6, 6.07) is 5.72. The van der Waals surface area contributed by atoms with Crippen molar-refractivity contribution in [1.29, 1.82) is 0 Å². The second-order valence-electron chi connectivity index (χ2n) is 7.53. The number of imidazole rings is 1. The summed E-state index contributed by atoms with van der Waals surface area (Å²) in [4.78, 5) is 21.0. The third-order valence-corrected chi connectivity index (χ3v) is 5.14. The van der Waals surface area contributed by atoms with Gasteiger partial charge in [0.25, 0.3) is 5.91 Å². The minimum atomic E-state index is -0.319. The number of ether oxygens (including phenoxy) is 1. The molecule has 1 aromatic carbocycles. The van der Waals surface area contributed by atoms with Crippen LogP contribution < -0.4 is 4.74 Å². The molecule has 7 heteroatoms. The van der Waals surface area contributed by atoms with Crippen LogP contribution in [0.5, 0.6) is 5.75 Å². The lowest BCUT2D eigenvalue weighted by molar-refractivity contribution is -0.134. The molecule has 6 nitrogen and oxygen atoms in total. The lowest BCUT2D eigenvalue weighted by Gasteiger charge is -2.32. The molecular formula is C21H29FN4O2. The summed E-state index contributed by atoms with van der Waals surface area (Å²) in [6.07, 6.45) is 6.84. The molecule has 1 fully saturated rings. The molecule has 2 aromatic rings. The molecule has 0 spiro atoms. The van der Waals surface area contributed by atoms with Gasteiger partial charge in [0.05, 0.1) is 0 Å². The normalized spacial score (nSPS) is 15.2. The van der Waals surface area contributed by atoms with Crippen LogP contribution in [0.15, 0.2) is 36.7 Å². The van der Waals surface area contributed by atoms with Gasteiger partial charge in [-0.1, -0.05) is 0 Å². The Labute approximate surface area is 165 Å². The van der Waals surface area contributed by atoms with E-state index < -0.39 is 0 Å². The molecule has 28 heavy (non-hydrogen) atoms. The van der Waals surface area contributed by atoms with Crippen molar-refractivity contribution in [2.24, 2.45) is 0 Å². The number of benzene rings is 1. The smallest absolute Gasteiger partial charge is 0.260 e. The highest BCUT2D eigenvalue weighted by Gasteiger charge is 2.26. The lowest BCUT2D eigenvalue weighted by Crippen LogP contribution is -2.40. The van der Waals surface area contributed by atoms with Crippen molar-refractivity contribution in [2.75, 3.05) is 40.3 Å². The molecule has 0 aliphatic carbocycles. The van der Waals surface area contributed by atoms with E-state index in [9.17, 15) is 9.18 Å². The average Bonchev–Trinajstić information content (AvgIpc) is 3.15. The number of carbonyl (C=O) groups excluding carboxylic acids is 1. The number of amides is 1. The second-order valence-corrected chi connectivity index (χ2v) is 7.53. The van der Waals surface area contributed by atoms with Gasteiger partial charge in [-0.25, -0.2) is 9.37 Å². The number of likely N-dealkylation sites (tertiary alicyclic amines) is 1. The van der Waals surface area contributed by atoms with E-state index in [4.69, 9.17) is 4.74 Å². The summed E-state index contributed by atoms with van der Waals surface area (Å²) >= 11 is 0. The topological polar surface area (TPSA) is 50.6 Å². The van der Waals surface area contributed by atoms with Gasteiger partial charge in [-0.2, -0.15) is 0 Å². The fourth-order valence-electron chi connectivity index (χ4n) is 3.58. The first-order valence-corrected chi connectivity index (χ1v) is 9.85. The number of hydrogen-bond acceptors (Lipinski definition) is 4. The largest absolute Gasteiger partial charge is 0.484 e. The summed E-state index contributed by atoms with van der Waals surface area (Å²) in [5.74, 6) is 1.67. The maximum absolute atomic E-state index is 12.9. The molecule has 0 saturated carbocycles. The molecule has 0 radical (unpaired) electrons. The highest BCUT2D eigenvalue weighted by atomic mass is 19.1. The number of hydrogen-bond donors (Lipinski definition) is 0. The van der Waals surface area contributed by atoms with Crippen LogP contribution in [0, 0.1) is 5.82 Å². The van der Waals surface area contributed by atoms with Crippen LogP contribution in [0.4, 0.5) is 4.39 Å². The van der Waals surface area contributed by atoms with Gasteiger partial charge in [-0.15, -0.1) is 0 Å². The van der Waals surface area contributed by atoms with E-state index in [1.165, 1.54) is 24.3 Å². The van der Waals surface area contributed by atoms with Crippen LogP contribution in [0.1, 0.15) is 31.0 Å². The predicted octanol–water partition coefficient (Wildman–Crippen LogP) is 2.76. The molecule has 0 atom stereocenters. The maximum atomic E-state index is 12.9. The molecule has 1 aliphatic heterocycles. The molecule has 1 amide bonds. The van der Waals surface area contributed by atoms with E-state index in [-0.39, 0.29) is 18.3 Å². The van der Waals surface area contributed by atoms with E-state index in [0.29, 0.717) is 24.8 Å². The Hall–Kier alpha value is -2.41. The van der Waals surface area contributed by atoms with E-state index in [0.717, 1.165) is 38.2 Å². The minimum Gasteiger partial charge on any atom is -0.484 e. The van der Waals surface area contributed by atoms with Crippen molar-refractivity contribution in [3.05, 3.63) is 48.3 Å². The van der Waals surface area contributed by atoms with Crippen LogP contribution in [0.2, 0.25) is 0 Å². The maximum Gasteiger partial charge on any atom is 0.260 e. The standard InChI is InChI=1S/C21H29FN4O2/c1-24(2)11-3-12-26-15-10-23-21(26)17-8-13-25(14-9-17)20(27)16-28-19-6-4-18(22)5-7-19/h4-7,10,15,17H,3,8-9,11-14,16H2,1-2H3. The van der Waals surface area contributed by atoms with Gasteiger partial charge in [-0.3, -0.25) is 4.79 Å². The zero-order valence-corrected chi connectivity index (χ0v) is 16.7. The highest BCUT2D eigenvalue weighted by molar-refractivity contribution is 5.77. The number of piperidine rings is 1. The fourth-order valence-corrected chi connectivity index (χ4v) is 3.58. The van der Waals surface area contributed by atoms with Crippen LogP contribution in [-0.2, 0) is 11.3 Å². The Morgan fingerprint density at radius 3 is 2.64 bits per heavy atom. The summed E-state index contributed by atoms with van der Waals surface area (Å²) in [7, 11) is 4.17. The van der Waals surface area contributed by atoms with Crippen molar-refractivity contribution in [3.8, 4) is 5.75 Å². The van der Waals surface area contributed by atoms with Gasteiger partial charge in [0.1, 0.15) is 17.4 Å². The molecule has 0 unspecified atom stereocenters. The van der Waals surface area contributed by atoms with Crippen LogP contribution in [-0.4, -0.2) is 65.6 Å². The molecular weight excluding hydrogens is 359 g/mol. The van der Waals surface area contributed by atoms with Gasteiger partial charge in [0.15, 0.2) is 6.61 Å². The van der Waals surface area contributed by atoms with Gasteiger partial charge in [0, 0.05) is 37.9 Å². The number of rotatable bonds is 8. The Morgan fingerprint density at radius 2 is 1.96 bits per heavy atom. The van der Waals surface area contributed by atoms with E-state index in [2.05, 4.69) is 34.7 Å². The quantitative estimate of drug-likeness (QED) is 0.698. The zero-order chi connectivity index (χ0) is 19.9. The minimum absolute atomic E-state index is 0.0184. The number of nitrogens with zero attached hydrogens (tertiary/aromatic N) is 4. The number of carbonyl (C=O) groups is 1. The summed E-state index contributed by atoms with van der Waals surface area (Å²) in [5, 5.41) is 0. The summed E-state index contributed by atoms with van der Waals surface area (Å²) in [6.45, 7) is 3.42. The SMILES string of the molecule is CN(C)CCCn1ccnc1C1CCN(C(=O)COc2ccc(F)cc2)CC1. The van der Waals surface area contributed by atoms with Crippen molar-refractivity contribution >= 4 is 5.91 Å². The third-order valence-electron chi connectivity index (χ3n) is 5.14. The van der Waals surface area contributed by atoms with Crippen molar-refractivity contribution in [2.45, 2.75) is 31.7 Å². The Balaban J connectivity index is 1.46. The highest BCUT2D eigenvalue weighted by Crippen LogP contribution is 2.27. The first-order valence-electron chi connectivity index (χ1n) is 9.85. The molecule has 152 valence electrons. The van der Waals surface area contributed by atoms with Crippen LogP contribution >= 0.6 is 0 Å². The van der Waals surface area contributed by atoms with Crippen LogP contribution in [0.25, 0.3) is 0 Å². The number of halogens is 1. The molecule has 1 aliphatic rings. The first-order chi connectivity index (χ1) is 13.5. The monoisotopic (exact) mass is 388 g/mol. The Bertz CT molecular complexity index is 752.